The second-order valence-corrected chi connectivity index (χ2v) is 5.53. The Morgan fingerprint density at radius 3 is 2.79 bits per heavy atom. The highest BCUT2D eigenvalue weighted by molar-refractivity contribution is 5.81. The van der Waals surface area contributed by atoms with Crippen molar-refractivity contribution >= 4 is 22.6 Å². The molecule has 0 aliphatic carbocycles. The van der Waals surface area contributed by atoms with Crippen LogP contribution in [0.2, 0.25) is 0 Å². The fraction of sp³-hybridized carbons (Fsp3) is 0.250. The second-order valence-electron chi connectivity index (χ2n) is 5.53. The van der Waals surface area contributed by atoms with E-state index < -0.39 is 11.0 Å². The molecule has 0 saturated heterocycles. The van der Waals surface area contributed by atoms with Gasteiger partial charge in [-0.1, -0.05) is 18.2 Å². The molecule has 1 aromatic carbocycles. The van der Waals surface area contributed by atoms with Gasteiger partial charge in [0.25, 0.3) is 0 Å². The Balaban J connectivity index is 1.71. The third-order valence-corrected chi connectivity index (χ3v) is 3.81. The van der Waals surface area contributed by atoms with Crippen LogP contribution in [0.1, 0.15) is 31.7 Å². The summed E-state index contributed by atoms with van der Waals surface area (Å²) in [6, 6.07) is 8.46. The largest absolute Gasteiger partial charge is 0.459 e. The summed E-state index contributed by atoms with van der Waals surface area (Å²) < 4.78 is 6.99. The quantitative estimate of drug-likeness (QED) is 0.573. The van der Waals surface area contributed by atoms with E-state index in [4.69, 9.17) is 4.42 Å². The average molecular weight is 328 g/mol. The van der Waals surface area contributed by atoms with E-state index in [0.717, 1.165) is 17.2 Å². The normalized spacial score (nSPS) is 13.6. The van der Waals surface area contributed by atoms with Gasteiger partial charge in [-0.25, -0.2) is 0 Å². The summed E-state index contributed by atoms with van der Waals surface area (Å²) in [6.07, 6.45) is 2.35. The van der Waals surface area contributed by atoms with Crippen LogP contribution in [-0.4, -0.2) is 20.6 Å². The molecule has 1 amide bonds. The van der Waals surface area contributed by atoms with Crippen molar-refractivity contribution in [1.82, 2.24) is 15.1 Å². The fourth-order valence-corrected chi connectivity index (χ4v) is 2.38. The van der Waals surface area contributed by atoms with Crippen molar-refractivity contribution in [3.63, 3.8) is 0 Å². The molecular weight excluding hydrogens is 312 g/mol. The van der Waals surface area contributed by atoms with Gasteiger partial charge in [-0.2, -0.15) is 5.10 Å². The molecular formula is C16H16N4O4. The lowest BCUT2D eigenvalue weighted by Gasteiger charge is -2.16. The first-order valence-corrected chi connectivity index (χ1v) is 7.43. The van der Waals surface area contributed by atoms with Gasteiger partial charge in [0, 0.05) is 5.39 Å². The van der Waals surface area contributed by atoms with Crippen molar-refractivity contribution in [2.45, 2.75) is 25.9 Å². The van der Waals surface area contributed by atoms with Crippen molar-refractivity contribution in [2.75, 3.05) is 0 Å². The van der Waals surface area contributed by atoms with Gasteiger partial charge in [0.1, 0.15) is 29.8 Å². The smallest absolute Gasteiger partial charge is 0.307 e. The summed E-state index contributed by atoms with van der Waals surface area (Å²) in [7, 11) is 0. The summed E-state index contributed by atoms with van der Waals surface area (Å²) in [5.41, 5.74) is 0.601. The predicted octanol–water partition coefficient (Wildman–Crippen LogP) is 2.98. The number of nitrogens with one attached hydrogen (secondary N) is 1. The number of furan rings is 1. The number of amides is 1. The molecule has 0 radical (unpaired) electrons. The maximum absolute atomic E-state index is 12.3. The first-order chi connectivity index (χ1) is 11.5. The summed E-state index contributed by atoms with van der Waals surface area (Å²) in [5, 5.41) is 18.4. The van der Waals surface area contributed by atoms with Gasteiger partial charge in [-0.3, -0.25) is 19.6 Å². The van der Waals surface area contributed by atoms with Crippen molar-refractivity contribution in [3.05, 3.63) is 58.6 Å². The number of carbonyl (C=O) groups excluding carboxylic acids is 1. The monoisotopic (exact) mass is 328 g/mol. The van der Waals surface area contributed by atoms with Gasteiger partial charge in [0.15, 0.2) is 0 Å². The minimum absolute atomic E-state index is 0.153. The molecule has 0 aliphatic heterocycles. The molecule has 124 valence electrons. The van der Waals surface area contributed by atoms with E-state index in [2.05, 4.69) is 10.4 Å². The zero-order valence-electron chi connectivity index (χ0n) is 13.2. The highest BCUT2D eigenvalue weighted by atomic mass is 16.6. The minimum atomic E-state index is -0.675. The summed E-state index contributed by atoms with van der Waals surface area (Å²) in [5.74, 6) is 0.337. The van der Waals surface area contributed by atoms with Crippen LogP contribution in [0.4, 0.5) is 5.69 Å². The number of carbonyl (C=O) groups is 1. The van der Waals surface area contributed by atoms with Crippen LogP contribution in [-0.2, 0) is 4.79 Å². The number of para-hydroxylation sites is 1. The van der Waals surface area contributed by atoms with E-state index in [1.165, 1.54) is 10.9 Å². The number of benzene rings is 1. The molecule has 0 saturated carbocycles. The highest BCUT2D eigenvalue weighted by Crippen LogP contribution is 2.24. The molecule has 3 aromatic rings. The molecule has 8 nitrogen and oxygen atoms in total. The molecule has 0 aliphatic rings. The fourth-order valence-electron chi connectivity index (χ4n) is 2.38. The van der Waals surface area contributed by atoms with Gasteiger partial charge in [-0.05, 0) is 26.0 Å². The summed E-state index contributed by atoms with van der Waals surface area (Å²) in [4.78, 5) is 22.5. The summed E-state index contributed by atoms with van der Waals surface area (Å²) >= 11 is 0. The van der Waals surface area contributed by atoms with E-state index in [0.29, 0.717) is 5.76 Å². The van der Waals surface area contributed by atoms with Crippen LogP contribution < -0.4 is 5.32 Å². The topological polar surface area (TPSA) is 103 Å². The second kappa shape index (κ2) is 6.15. The average Bonchev–Trinajstić information content (AvgIpc) is 3.20. The van der Waals surface area contributed by atoms with Crippen molar-refractivity contribution in [2.24, 2.45) is 0 Å². The molecule has 2 atom stereocenters. The van der Waals surface area contributed by atoms with Gasteiger partial charge in [-0.15, -0.1) is 0 Å². The molecule has 2 heterocycles. The van der Waals surface area contributed by atoms with Gasteiger partial charge in [0.05, 0.1) is 11.0 Å². The van der Waals surface area contributed by atoms with Crippen molar-refractivity contribution in [1.29, 1.82) is 0 Å². The Morgan fingerprint density at radius 1 is 1.38 bits per heavy atom. The van der Waals surface area contributed by atoms with E-state index in [9.17, 15) is 14.9 Å². The maximum atomic E-state index is 12.3. The number of nitrogens with zero attached hydrogens (tertiary/aromatic N) is 3. The van der Waals surface area contributed by atoms with Crippen molar-refractivity contribution in [3.8, 4) is 0 Å². The molecule has 1 N–H and O–H groups in total. The van der Waals surface area contributed by atoms with Gasteiger partial charge >= 0.3 is 5.69 Å². The van der Waals surface area contributed by atoms with Gasteiger partial charge in [0.2, 0.25) is 5.91 Å². The molecule has 0 unspecified atom stereocenters. The van der Waals surface area contributed by atoms with Crippen LogP contribution in [0.5, 0.6) is 0 Å². The number of rotatable bonds is 5. The van der Waals surface area contributed by atoms with E-state index in [1.54, 1.807) is 6.92 Å². The Hall–Kier alpha value is -3.16. The van der Waals surface area contributed by atoms with E-state index >= 15 is 0 Å². The molecule has 0 spiro atoms. The molecule has 8 heteroatoms. The van der Waals surface area contributed by atoms with E-state index in [1.807, 2.05) is 37.3 Å². The lowest BCUT2D eigenvalue weighted by atomic mass is 10.2. The maximum Gasteiger partial charge on any atom is 0.307 e. The molecule has 24 heavy (non-hydrogen) atoms. The minimum Gasteiger partial charge on any atom is -0.459 e. The predicted molar refractivity (Wildman–Crippen MR) is 86.4 cm³/mol. The Kier molecular flexibility index (Phi) is 4.03. The number of hydrogen-bond acceptors (Lipinski definition) is 5. The zero-order chi connectivity index (χ0) is 17.3. The van der Waals surface area contributed by atoms with E-state index in [-0.39, 0.29) is 17.6 Å². The lowest BCUT2D eigenvalue weighted by Crippen LogP contribution is -2.33. The first kappa shape index (κ1) is 15.7. The number of hydrogen-bond donors (Lipinski definition) is 1. The number of nitro groups is 1. The van der Waals surface area contributed by atoms with Crippen molar-refractivity contribution < 1.29 is 14.1 Å². The van der Waals surface area contributed by atoms with Crippen LogP contribution in [0.15, 0.2) is 47.1 Å². The zero-order valence-corrected chi connectivity index (χ0v) is 13.2. The van der Waals surface area contributed by atoms with Gasteiger partial charge < -0.3 is 9.73 Å². The Labute approximate surface area is 137 Å². The third-order valence-electron chi connectivity index (χ3n) is 3.81. The third kappa shape index (κ3) is 2.98. The Morgan fingerprint density at radius 2 is 2.12 bits per heavy atom. The molecule has 0 bridgehead atoms. The first-order valence-electron chi connectivity index (χ1n) is 7.43. The standard InChI is InChI=1S/C16H16N4O4/c1-10(15-7-12-5-3-4-6-14(12)24-15)18-16(21)11(2)19-9-13(8-17-19)20(22)23/h3-11H,1-2H3,(H,18,21)/t10-,11-/m0/s1. The number of aromatic nitrogens is 2. The molecule has 2 aromatic heterocycles. The molecule has 3 rings (SSSR count). The number of fused-ring (bicyclic) bond motifs is 1. The summed E-state index contributed by atoms with van der Waals surface area (Å²) in [6.45, 7) is 3.44. The van der Waals surface area contributed by atoms with Crippen LogP contribution in [0.25, 0.3) is 11.0 Å². The highest BCUT2D eigenvalue weighted by Gasteiger charge is 2.22. The SMILES string of the molecule is C[C@H](NC(=O)[C@H](C)n1cc([N+](=O)[O-])cn1)c1cc2ccccc2o1. The van der Waals surface area contributed by atoms with Crippen LogP contribution in [0.3, 0.4) is 0 Å². The molecule has 0 fully saturated rings. The van der Waals surface area contributed by atoms with Crippen LogP contribution >= 0.6 is 0 Å². The van der Waals surface area contributed by atoms with Crippen LogP contribution in [0, 0.1) is 10.1 Å². The lowest BCUT2D eigenvalue weighted by molar-refractivity contribution is -0.385. The Bertz CT molecular complexity index is 865.